The van der Waals surface area contributed by atoms with Crippen LogP contribution < -0.4 is 5.32 Å². The predicted molar refractivity (Wildman–Crippen MR) is 88.2 cm³/mol. The molecule has 1 aromatic carbocycles. The first-order valence-corrected chi connectivity index (χ1v) is 9.08. The zero-order valence-electron chi connectivity index (χ0n) is 12.1. The minimum absolute atomic E-state index is 0.0578. The molecule has 1 fully saturated rings. The highest BCUT2D eigenvalue weighted by Crippen LogP contribution is 2.20. The largest absolute Gasteiger partial charge is 0.390 e. The van der Waals surface area contributed by atoms with E-state index < -0.39 is 22.0 Å². The van der Waals surface area contributed by atoms with Gasteiger partial charge < -0.3 is 15.3 Å². The Morgan fingerprint density at radius 3 is 2.48 bits per heavy atom. The third-order valence-electron chi connectivity index (χ3n) is 3.60. The molecule has 1 aromatic rings. The van der Waals surface area contributed by atoms with Crippen molar-refractivity contribution < 1.29 is 13.5 Å². The van der Waals surface area contributed by atoms with Gasteiger partial charge in [0.25, 0.3) is 0 Å². The van der Waals surface area contributed by atoms with Crippen LogP contribution >= 0.6 is 12.2 Å². The molecule has 1 aliphatic heterocycles. The molecule has 1 saturated heterocycles. The van der Waals surface area contributed by atoms with Crippen molar-refractivity contribution in [2.24, 2.45) is 0 Å². The summed E-state index contributed by atoms with van der Waals surface area (Å²) < 4.78 is 23.3. The summed E-state index contributed by atoms with van der Waals surface area (Å²) in [6.45, 7) is 4.43. The number of sulfone groups is 1. The van der Waals surface area contributed by atoms with Gasteiger partial charge in [0.1, 0.15) is 0 Å². The fraction of sp³-hybridized carbons (Fsp3) is 0.500. The summed E-state index contributed by atoms with van der Waals surface area (Å²) in [6, 6.07) is 7.28. The molecule has 0 saturated carbocycles. The highest BCUT2D eigenvalue weighted by molar-refractivity contribution is 7.91. The van der Waals surface area contributed by atoms with Gasteiger partial charge in [0.15, 0.2) is 14.9 Å². The Labute approximate surface area is 130 Å². The second-order valence-electron chi connectivity index (χ2n) is 5.29. The molecule has 2 atom stereocenters. The normalized spacial score (nSPS) is 23.8. The van der Waals surface area contributed by atoms with E-state index in [1.165, 1.54) is 0 Å². The maximum Gasteiger partial charge on any atom is 0.173 e. The molecule has 5 nitrogen and oxygen atoms in total. The second kappa shape index (κ2) is 6.29. The number of likely N-dealkylation sites (N-methyl/N-ethyl adjacent to an activating group) is 1. The van der Waals surface area contributed by atoms with Gasteiger partial charge in [-0.15, -0.1) is 0 Å². The summed E-state index contributed by atoms with van der Waals surface area (Å²) in [4.78, 5) is 1.74. The number of hydrogen-bond acceptors (Lipinski definition) is 4. The summed E-state index contributed by atoms with van der Waals surface area (Å²) in [7, 11) is -3.19. The number of aliphatic hydroxyl groups is 1. The molecule has 0 aromatic heterocycles. The van der Waals surface area contributed by atoms with E-state index in [0.29, 0.717) is 11.7 Å². The van der Waals surface area contributed by atoms with Gasteiger partial charge >= 0.3 is 0 Å². The summed E-state index contributed by atoms with van der Waals surface area (Å²) in [5, 5.41) is 13.5. The third kappa shape index (κ3) is 3.93. The van der Waals surface area contributed by atoms with Crippen molar-refractivity contribution in [1.29, 1.82) is 0 Å². The molecule has 0 amide bonds. The lowest BCUT2D eigenvalue weighted by molar-refractivity contribution is 0.126. The van der Waals surface area contributed by atoms with Crippen molar-refractivity contribution in [2.75, 3.05) is 23.4 Å². The summed E-state index contributed by atoms with van der Waals surface area (Å²) in [6.07, 6.45) is -0.896. The quantitative estimate of drug-likeness (QED) is 0.812. The molecule has 7 heteroatoms. The fourth-order valence-corrected chi connectivity index (χ4v) is 4.65. The SMILES string of the molecule is CCN(C(=S)Nc1ccc(C)cc1)[C@H]1CS(=O)(=O)C[C@H]1O. The van der Waals surface area contributed by atoms with Crippen LogP contribution in [0.4, 0.5) is 5.69 Å². The number of thiocarbonyl (C=S) groups is 1. The van der Waals surface area contributed by atoms with Crippen LogP contribution in [0.3, 0.4) is 0 Å². The second-order valence-corrected chi connectivity index (χ2v) is 7.83. The average Bonchev–Trinajstić information content (AvgIpc) is 2.67. The number of rotatable bonds is 3. The molecule has 0 radical (unpaired) electrons. The van der Waals surface area contributed by atoms with Gasteiger partial charge in [-0.2, -0.15) is 0 Å². The lowest BCUT2D eigenvalue weighted by Gasteiger charge is -2.31. The summed E-state index contributed by atoms with van der Waals surface area (Å²) >= 11 is 5.36. The van der Waals surface area contributed by atoms with E-state index in [-0.39, 0.29) is 11.5 Å². The van der Waals surface area contributed by atoms with Gasteiger partial charge in [-0.3, -0.25) is 0 Å². The van der Waals surface area contributed by atoms with E-state index >= 15 is 0 Å². The monoisotopic (exact) mass is 328 g/mol. The number of aliphatic hydroxyl groups excluding tert-OH is 1. The topological polar surface area (TPSA) is 69.6 Å². The van der Waals surface area contributed by atoms with Crippen molar-refractivity contribution in [3.8, 4) is 0 Å². The minimum atomic E-state index is -3.19. The van der Waals surface area contributed by atoms with Gasteiger partial charge in [0, 0.05) is 12.2 Å². The zero-order valence-corrected chi connectivity index (χ0v) is 13.7. The third-order valence-corrected chi connectivity index (χ3v) is 5.63. The Hall–Kier alpha value is -1.18. The average molecular weight is 328 g/mol. The van der Waals surface area contributed by atoms with Gasteiger partial charge in [-0.05, 0) is 38.2 Å². The highest BCUT2D eigenvalue weighted by atomic mass is 32.2. The van der Waals surface area contributed by atoms with E-state index in [2.05, 4.69) is 5.32 Å². The Morgan fingerprint density at radius 1 is 1.38 bits per heavy atom. The van der Waals surface area contributed by atoms with E-state index in [1.807, 2.05) is 38.1 Å². The highest BCUT2D eigenvalue weighted by Gasteiger charge is 2.40. The predicted octanol–water partition coefficient (Wildman–Crippen LogP) is 1.17. The molecule has 0 unspecified atom stereocenters. The van der Waals surface area contributed by atoms with Crippen LogP contribution in [-0.4, -0.2) is 53.7 Å². The van der Waals surface area contributed by atoms with E-state index in [1.54, 1.807) is 4.90 Å². The van der Waals surface area contributed by atoms with Gasteiger partial charge in [0.2, 0.25) is 0 Å². The van der Waals surface area contributed by atoms with E-state index in [4.69, 9.17) is 12.2 Å². The van der Waals surface area contributed by atoms with E-state index in [9.17, 15) is 13.5 Å². The first-order chi connectivity index (χ1) is 9.82. The number of nitrogens with one attached hydrogen (secondary N) is 1. The number of aryl methyl sites for hydroxylation is 1. The molecule has 0 bridgehead atoms. The Kier molecular flexibility index (Phi) is 4.85. The minimum Gasteiger partial charge on any atom is -0.390 e. The smallest absolute Gasteiger partial charge is 0.173 e. The molecule has 0 aliphatic carbocycles. The van der Waals surface area contributed by atoms with Crippen LogP contribution in [0.1, 0.15) is 12.5 Å². The van der Waals surface area contributed by atoms with Crippen molar-refractivity contribution in [2.45, 2.75) is 26.0 Å². The molecular weight excluding hydrogens is 308 g/mol. The van der Waals surface area contributed by atoms with Gasteiger partial charge in [-0.1, -0.05) is 17.7 Å². The number of benzene rings is 1. The Balaban J connectivity index is 2.10. The van der Waals surface area contributed by atoms with Gasteiger partial charge in [-0.25, -0.2) is 8.42 Å². The first kappa shape index (κ1) is 16.2. The Morgan fingerprint density at radius 2 is 2.00 bits per heavy atom. The summed E-state index contributed by atoms with van der Waals surface area (Å²) in [5.74, 6) is -0.251. The van der Waals surface area contributed by atoms with Gasteiger partial charge in [0.05, 0.1) is 23.7 Å². The summed E-state index contributed by atoms with van der Waals surface area (Å²) in [5.41, 5.74) is 2.00. The molecule has 2 rings (SSSR count). The number of hydrogen-bond donors (Lipinski definition) is 2. The standard InChI is InChI=1S/C14H20N2O3S2/c1-3-16(12-8-21(18,19)9-13(12)17)14(20)15-11-6-4-10(2)5-7-11/h4-7,12-13,17H,3,8-9H2,1-2H3,(H,15,20)/t12-,13+/m0/s1. The van der Waals surface area contributed by atoms with Crippen LogP contribution in [-0.2, 0) is 9.84 Å². The molecule has 116 valence electrons. The number of nitrogens with zero attached hydrogens (tertiary/aromatic N) is 1. The Bertz CT molecular complexity index is 614. The van der Waals surface area contributed by atoms with Crippen molar-refractivity contribution >= 4 is 32.9 Å². The van der Waals surface area contributed by atoms with Crippen molar-refractivity contribution in [1.82, 2.24) is 4.90 Å². The van der Waals surface area contributed by atoms with Crippen LogP contribution in [0.5, 0.6) is 0 Å². The lowest BCUT2D eigenvalue weighted by atomic mass is 10.2. The number of anilines is 1. The maximum absolute atomic E-state index is 11.6. The molecule has 2 N–H and O–H groups in total. The molecule has 21 heavy (non-hydrogen) atoms. The van der Waals surface area contributed by atoms with Crippen molar-refractivity contribution in [3.63, 3.8) is 0 Å². The van der Waals surface area contributed by atoms with Crippen LogP contribution in [0.25, 0.3) is 0 Å². The molecule has 1 heterocycles. The zero-order chi connectivity index (χ0) is 15.6. The van der Waals surface area contributed by atoms with Crippen LogP contribution in [0.15, 0.2) is 24.3 Å². The maximum atomic E-state index is 11.6. The molecule has 0 spiro atoms. The lowest BCUT2D eigenvalue weighted by Crippen LogP contribution is -2.48. The fourth-order valence-electron chi connectivity index (χ4n) is 2.47. The van der Waals surface area contributed by atoms with Crippen molar-refractivity contribution in [3.05, 3.63) is 29.8 Å². The molecule has 1 aliphatic rings. The molecular formula is C14H20N2O3S2. The van der Waals surface area contributed by atoms with E-state index in [0.717, 1.165) is 11.3 Å². The first-order valence-electron chi connectivity index (χ1n) is 6.85. The van der Waals surface area contributed by atoms with Crippen LogP contribution in [0, 0.1) is 6.92 Å². The van der Waals surface area contributed by atoms with Crippen LogP contribution in [0.2, 0.25) is 0 Å².